The summed E-state index contributed by atoms with van der Waals surface area (Å²) >= 11 is 6.08. The molecule has 0 atom stereocenters. The third kappa shape index (κ3) is 3.75. The minimum absolute atomic E-state index is 0.00862. The van der Waals surface area contributed by atoms with Crippen molar-refractivity contribution in [2.75, 3.05) is 0 Å². The maximum Gasteiger partial charge on any atom is 0.251 e. The molecule has 26 heavy (non-hydrogen) atoms. The first-order valence-electron chi connectivity index (χ1n) is 9.20. The zero-order chi connectivity index (χ0) is 17.9. The van der Waals surface area contributed by atoms with E-state index in [1.54, 1.807) is 0 Å². The Kier molecular flexibility index (Phi) is 4.93. The second kappa shape index (κ2) is 7.50. The second-order valence-corrected chi connectivity index (χ2v) is 7.45. The average molecular weight is 368 g/mol. The van der Waals surface area contributed by atoms with Crippen LogP contribution in [0.15, 0.2) is 48.7 Å². The van der Waals surface area contributed by atoms with E-state index >= 15 is 0 Å². The number of halogens is 1. The molecule has 1 aliphatic carbocycles. The molecule has 1 N–H and O–H groups in total. The predicted molar refractivity (Wildman–Crippen MR) is 105 cm³/mol. The summed E-state index contributed by atoms with van der Waals surface area (Å²) in [7, 11) is 0. The molecule has 1 amide bonds. The number of benzene rings is 2. The van der Waals surface area contributed by atoms with Crippen LogP contribution in [-0.2, 0) is 6.54 Å². The highest BCUT2D eigenvalue weighted by Gasteiger charge is 2.17. The Morgan fingerprint density at radius 3 is 2.81 bits per heavy atom. The Morgan fingerprint density at radius 2 is 2.00 bits per heavy atom. The number of aromatic nitrogens is 2. The Balaban J connectivity index is 1.56. The van der Waals surface area contributed by atoms with E-state index in [4.69, 9.17) is 11.6 Å². The Hall–Kier alpha value is -2.33. The normalized spacial score (nSPS) is 15.3. The number of amides is 1. The second-order valence-electron chi connectivity index (χ2n) is 7.01. The van der Waals surface area contributed by atoms with Crippen LogP contribution in [0.5, 0.6) is 0 Å². The molecule has 0 radical (unpaired) electrons. The van der Waals surface area contributed by atoms with Gasteiger partial charge >= 0.3 is 0 Å². The van der Waals surface area contributed by atoms with E-state index in [1.807, 2.05) is 53.3 Å². The van der Waals surface area contributed by atoms with Crippen LogP contribution in [0.2, 0.25) is 5.02 Å². The van der Waals surface area contributed by atoms with Gasteiger partial charge in [0, 0.05) is 22.0 Å². The number of hydrogen-bond acceptors (Lipinski definition) is 2. The third-order valence-electron chi connectivity index (χ3n) is 5.07. The number of rotatable bonds is 4. The molecule has 1 aliphatic rings. The van der Waals surface area contributed by atoms with Gasteiger partial charge in [-0.2, -0.15) is 5.10 Å². The molecule has 3 aromatic rings. The van der Waals surface area contributed by atoms with E-state index in [9.17, 15) is 4.79 Å². The van der Waals surface area contributed by atoms with Gasteiger partial charge in [0.2, 0.25) is 0 Å². The van der Waals surface area contributed by atoms with Gasteiger partial charge in [-0.05, 0) is 42.7 Å². The first kappa shape index (κ1) is 17.1. The fraction of sp³-hybridized carbons (Fsp3) is 0.333. The predicted octanol–water partition coefficient (Wildman–Crippen LogP) is 4.80. The molecule has 134 valence electrons. The molecule has 2 aromatic carbocycles. The Morgan fingerprint density at radius 1 is 1.15 bits per heavy atom. The van der Waals surface area contributed by atoms with Gasteiger partial charge in [0.1, 0.15) is 0 Å². The van der Waals surface area contributed by atoms with E-state index in [2.05, 4.69) is 10.4 Å². The molecule has 0 unspecified atom stereocenters. The number of hydrogen-bond donors (Lipinski definition) is 1. The highest BCUT2D eigenvalue weighted by atomic mass is 35.5. The summed E-state index contributed by atoms with van der Waals surface area (Å²) in [5.41, 5.74) is 2.73. The van der Waals surface area contributed by atoms with Crippen LogP contribution in [-0.4, -0.2) is 21.7 Å². The van der Waals surface area contributed by atoms with E-state index in [-0.39, 0.29) is 5.91 Å². The quantitative estimate of drug-likeness (QED) is 0.719. The fourth-order valence-electron chi connectivity index (χ4n) is 3.66. The molecule has 0 bridgehead atoms. The summed E-state index contributed by atoms with van der Waals surface area (Å²) in [6.45, 7) is 0.623. The van der Waals surface area contributed by atoms with E-state index in [0.29, 0.717) is 23.2 Å². The first-order chi connectivity index (χ1) is 12.7. The number of carbonyl (C=O) groups excluding carboxylic acids is 1. The van der Waals surface area contributed by atoms with Crippen molar-refractivity contribution in [1.82, 2.24) is 15.1 Å². The summed E-state index contributed by atoms with van der Waals surface area (Å²) in [5.74, 6) is 0.00862. The Bertz CT molecular complexity index is 928. The molecule has 4 nitrogen and oxygen atoms in total. The van der Waals surface area contributed by atoms with Gasteiger partial charge in [-0.15, -0.1) is 0 Å². The molecule has 5 heteroatoms. The topological polar surface area (TPSA) is 46.9 Å². The van der Waals surface area contributed by atoms with Crippen molar-refractivity contribution in [3.05, 3.63) is 64.8 Å². The smallest absolute Gasteiger partial charge is 0.251 e. The van der Waals surface area contributed by atoms with Crippen LogP contribution < -0.4 is 5.32 Å². The lowest BCUT2D eigenvalue weighted by atomic mass is 9.95. The molecular weight excluding hydrogens is 346 g/mol. The minimum Gasteiger partial charge on any atom is -0.349 e. The molecule has 1 saturated carbocycles. The van der Waals surface area contributed by atoms with Crippen molar-refractivity contribution in [3.8, 4) is 0 Å². The largest absolute Gasteiger partial charge is 0.349 e. The molecule has 1 aromatic heterocycles. The van der Waals surface area contributed by atoms with Crippen LogP contribution in [0.1, 0.15) is 48.0 Å². The maximum absolute atomic E-state index is 12.6. The lowest BCUT2D eigenvalue weighted by molar-refractivity contribution is 0.0928. The molecule has 1 heterocycles. The van der Waals surface area contributed by atoms with Crippen LogP contribution in [0, 0.1) is 0 Å². The van der Waals surface area contributed by atoms with Gasteiger partial charge in [0.05, 0.1) is 18.3 Å². The third-order valence-corrected chi connectivity index (χ3v) is 5.30. The van der Waals surface area contributed by atoms with Crippen molar-refractivity contribution < 1.29 is 4.79 Å². The molecule has 0 spiro atoms. The van der Waals surface area contributed by atoms with Crippen LogP contribution >= 0.6 is 11.6 Å². The van der Waals surface area contributed by atoms with Crippen LogP contribution in [0.4, 0.5) is 0 Å². The van der Waals surface area contributed by atoms with Crippen molar-refractivity contribution in [1.29, 1.82) is 0 Å². The Labute approximate surface area is 158 Å². The van der Waals surface area contributed by atoms with Crippen molar-refractivity contribution in [2.45, 2.75) is 44.7 Å². The fourth-order valence-corrected chi connectivity index (χ4v) is 3.87. The average Bonchev–Trinajstić information content (AvgIpc) is 3.05. The lowest BCUT2D eigenvalue weighted by Crippen LogP contribution is -2.36. The zero-order valence-corrected chi connectivity index (χ0v) is 15.4. The highest BCUT2D eigenvalue weighted by Crippen LogP contribution is 2.20. The summed E-state index contributed by atoms with van der Waals surface area (Å²) in [6, 6.07) is 13.9. The number of carbonyl (C=O) groups is 1. The summed E-state index contributed by atoms with van der Waals surface area (Å²) < 4.78 is 1.92. The number of nitrogens with zero attached hydrogens (tertiary/aromatic N) is 2. The molecule has 4 rings (SSSR count). The van der Waals surface area contributed by atoms with E-state index < -0.39 is 0 Å². The molecule has 0 aliphatic heterocycles. The standard InChI is InChI=1S/C21H22ClN3O/c22-18-6-4-5-15(11-18)14-25-20-12-16(9-10-17(20)13-23-25)21(26)24-19-7-2-1-3-8-19/h4-6,9-13,19H,1-3,7-8,14H2,(H,24,26). The van der Waals surface area contributed by atoms with E-state index in [1.165, 1.54) is 19.3 Å². The zero-order valence-electron chi connectivity index (χ0n) is 14.6. The van der Waals surface area contributed by atoms with Gasteiger partial charge in [0.15, 0.2) is 0 Å². The highest BCUT2D eigenvalue weighted by molar-refractivity contribution is 6.30. The first-order valence-corrected chi connectivity index (χ1v) is 9.58. The van der Waals surface area contributed by atoms with Gasteiger partial charge in [-0.25, -0.2) is 0 Å². The van der Waals surface area contributed by atoms with Crippen molar-refractivity contribution in [3.63, 3.8) is 0 Å². The van der Waals surface area contributed by atoms with Gasteiger partial charge in [-0.3, -0.25) is 9.48 Å². The summed E-state index contributed by atoms with van der Waals surface area (Å²) in [4.78, 5) is 12.6. The van der Waals surface area contributed by atoms with Gasteiger partial charge < -0.3 is 5.32 Å². The molecule has 0 saturated heterocycles. The number of fused-ring (bicyclic) bond motifs is 1. The molecular formula is C21H22ClN3O. The van der Waals surface area contributed by atoms with Crippen LogP contribution in [0.25, 0.3) is 10.9 Å². The van der Waals surface area contributed by atoms with Crippen LogP contribution in [0.3, 0.4) is 0 Å². The van der Waals surface area contributed by atoms with Crippen molar-refractivity contribution >= 4 is 28.4 Å². The lowest BCUT2D eigenvalue weighted by Gasteiger charge is -2.22. The number of nitrogens with one attached hydrogen (secondary N) is 1. The monoisotopic (exact) mass is 367 g/mol. The summed E-state index contributed by atoms with van der Waals surface area (Å²) in [6.07, 6.45) is 7.69. The molecule has 1 fully saturated rings. The summed E-state index contributed by atoms with van der Waals surface area (Å²) in [5, 5.41) is 9.40. The van der Waals surface area contributed by atoms with Gasteiger partial charge in [0.25, 0.3) is 5.91 Å². The maximum atomic E-state index is 12.6. The van der Waals surface area contributed by atoms with Crippen molar-refractivity contribution in [2.24, 2.45) is 0 Å². The minimum atomic E-state index is 0.00862. The SMILES string of the molecule is O=C(NC1CCCCC1)c1ccc2cnn(Cc3cccc(Cl)c3)c2c1. The van der Waals surface area contributed by atoms with E-state index in [0.717, 1.165) is 29.3 Å². The van der Waals surface area contributed by atoms with Gasteiger partial charge in [-0.1, -0.05) is 49.1 Å².